The van der Waals surface area contributed by atoms with Crippen LogP contribution in [-0.4, -0.2) is 38.7 Å². The summed E-state index contributed by atoms with van der Waals surface area (Å²) in [4.78, 5) is 30.0. The van der Waals surface area contributed by atoms with E-state index in [2.05, 4.69) is 4.98 Å². The number of aromatic nitrogens is 1. The van der Waals surface area contributed by atoms with Crippen molar-refractivity contribution in [3.63, 3.8) is 0 Å². The van der Waals surface area contributed by atoms with E-state index in [-0.39, 0.29) is 6.04 Å². The van der Waals surface area contributed by atoms with E-state index in [1.54, 1.807) is 39.1 Å². The van der Waals surface area contributed by atoms with Crippen LogP contribution in [0.2, 0.25) is 0 Å². The lowest BCUT2D eigenvalue weighted by molar-refractivity contribution is -0.144. The second kappa shape index (κ2) is 6.98. The molecule has 1 N–H and O–H groups in total. The van der Waals surface area contributed by atoms with Gasteiger partial charge < -0.3 is 9.84 Å². The maximum absolute atomic E-state index is 12.7. The highest BCUT2D eigenvalue weighted by molar-refractivity contribution is 5.81. The lowest BCUT2D eigenvalue weighted by Gasteiger charge is -2.35. The van der Waals surface area contributed by atoms with Gasteiger partial charge in [-0.1, -0.05) is 18.9 Å². The molecule has 0 saturated heterocycles. The predicted octanol–water partition coefficient (Wildman–Crippen LogP) is 3.39. The third kappa shape index (κ3) is 4.43. The first kappa shape index (κ1) is 17.2. The third-order valence-corrected chi connectivity index (χ3v) is 3.83. The summed E-state index contributed by atoms with van der Waals surface area (Å²) in [6.07, 6.45) is 6.06. The Balaban J connectivity index is 2.37. The fraction of sp³-hybridized carbons (Fsp3) is 0.588. The zero-order valence-electron chi connectivity index (χ0n) is 13.9. The molecule has 6 nitrogen and oxygen atoms in total. The number of carbonyl (C=O) groups is 2. The molecule has 0 radical (unpaired) electrons. The second-order valence-electron chi connectivity index (χ2n) is 6.85. The number of rotatable bonds is 4. The van der Waals surface area contributed by atoms with Crippen LogP contribution in [0.5, 0.6) is 0 Å². The fourth-order valence-electron chi connectivity index (χ4n) is 2.92. The number of nitrogens with zero attached hydrogens (tertiary/aromatic N) is 2. The molecule has 1 aliphatic carbocycles. The third-order valence-electron chi connectivity index (χ3n) is 3.83. The molecular formula is C17H24N2O4. The van der Waals surface area contributed by atoms with E-state index in [0.29, 0.717) is 5.56 Å². The number of carboxylic acids is 1. The average Bonchev–Trinajstić information content (AvgIpc) is 2.96. The van der Waals surface area contributed by atoms with Gasteiger partial charge in [-0.05, 0) is 39.7 Å². The van der Waals surface area contributed by atoms with Crippen LogP contribution < -0.4 is 0 Å². The van der Waals surface area contributed by atoms with Crippen LogP contribution in [0.4, 0.5) is 4.79 Å². The summed E-state index contributed by atoms with van der Waals surface area (Å²) in [5, 5.41) is 9.73. The Labute approximate surface area is 136 Å². The number of hydrogen-bond acceptors (Lipinski definition) is 4. The Hall–Kier alpha value is -2.11. The highest BCUT2D eigenvalue weighted by Crippen LogP contribution is 2.32. The smallest absolute Gasteiger partial charge is 0.411 e. The molecule has 0 bridgehead atoms. The number of carboxylic acid groups (broad SMARTS) is 1. The lowest BCUT2D eigenvalue weighted by atomic mass is 10.0. The predicted molar refractivity (Wildman–Crippen MR) is 84.9 cm³/mol. The summed E-state index contributed by atoms with van der Waals surface area (Å²) in [5.41, 5.74) is -0.191. The molecule has 0 unspecified atom stereocenters. The number of aliphatic carboxylic acids is 1. The van der Waals surface area contributed by atoms with E-state index < -0.39 is 23.7 Å². The molecule has 23 heavy (non-hydrogen) atoms. The van der Waals surface area contributed by atoms with Crippen molar-refractivity contribution < 1.29 is 19.4 Å². The van der Waals surface area contributed by atoms with E-state index in [1.807, 2.05) is 0 Å². The van der Waals surface area contributed by atoms with Gasteiger partial charge in [-0.2, -0.15) is 0 Å². The SMILES string of the molecule is CC(C)(C)OC(=O)N(C1CCCC1)[C@@H](C(=O)O)c1cccnc1. The molecule has 1 fully saturated rings. The van der Waals surface area contributed by atoms with Crippen molar-refractivity contribution in [2.75, 3.05) is 0 Å². The van der Waals surface area contributed by atoms with Crippen molar-refractivity contribution >= 4 is 12.1 Å². The molecule has 0 aliphatic heterocycles. The van der Waals surface area contributed by atoms with Gasteiger partial charge in [0, 0.05) is 24.0 Å². The molecule has 1 aromatic rings. The van der Waals surface area contributed by atoms with Gasteiger partial charge in [0.1, 0.15) is 5.60 Å². The fourth-order valence-corrected chi connectivity index (χ4v) is 2.92. The van der Waals surface area contributed by atoms with Gasteiger partial charge >= 0.3 is 12.1 Å². The van der Waals surface area contributed by atoms with Gasteiger partial charge in [0.2, 0.25) is 0 Å². The van der Waals surface area contributed by atoms with Crippen LogP contribution in [-0.2, 0) is 9.53 Å². The molecule has 0 spiro atoms. The van der Waals surface area contributed by atoms with Crippen LogP contribution in [0.15, 0.2) is 24.5 Å². The van der Waals surface area contributed by atoms with Crippen molar-refractivity contribution in [1.82, 2.24) is 9.88 Å². The van der Waals surface area contributed by atoms with E-state index in [9.17, 15) is 14.7 Å². The molecule has 1 aliphatic rings. The standard InChI is InChI=1S/C17H24N2O4/c1-17(2,3)23-16(22)19(13-8-4-5-9-13)14(15(20)21)12-7-6-10-18-11-12/h6-7,10-11,13-14H,4-5,8-9H2,1-3H3,(H,20,21)/t14-/m1/s1. The Morgan fingerprint density at radius 3 is 2.48 bits per heavy atom. The summed E-state index contributed by atoms with van der Waals surface area (Å²) in [7, 11) is 0. The summed E-state index contributed by atoms with van der Waals surface area (Å²) in [5.74, 6) is -1.07. The minimum absolute atomic E-state index is 0.119. The first-order valence-corrected chi connectivity index (χ1v) is 7.93. The van der Waals surface area contributed by atoms with Crippen molar-refractivity contribution in [3.8, 4) is 0 Å². The normalized spacial score (nSPS) is 16.8. The zero-order valence-corrected chi connectivity index (χ0v) is 13.9. The van der Waals surface area contributed by atoms with Crippen LogP contribution in [0.25, 0.3) is 0 Å². The minimum Gasteiger partial charge on any atom is -0.479 e. The maximum atomic E-state index is 12.7. The number of carbonyl (C=O) groups excluding carboxylic acids is 1. The Bertz CT molecular complexity index is 547. The Morgan fingerprint density at radius 1 is 1.35 bits per heavy atom. The average molecular weight is 320 g/mol. The van der Waals surface area contributed by atoms with Crippen molar-refractivity contribution in [1.29, 1.82) is 0 Å². The van der Waals surface area contributed by atoms with Crippen molar-refractivity contribution in [3.05, 3.63) is 30.1 Å². The summed E-state index contributed by atoms with van der Waals surface area (Å²) in [6.45, 7) is 5.33. The zero-order chi connectivity index (χ0) is 17.0. The van der Waals surface area contributed by atoms with Gasteiger partial charge in [-0.15, -0.1) is 0 Å². The molecule has 2 rings (SSSR count). The van der Waals surface area contributed by atoms with Crippen molar-refractivity contribution in [2.24, 2.45) is 0 Å². The Morgan fingerprint density at radius 2 is 2.00 bits per heavy atom. The molecule has 126 valence electrons. The molecule has 0 aromatic carbocycles. The monoisotopic (exact) mass is 320 g/mol. The quantitative estimate of drug-likeness (QED) is 0.920. The van der Waals surface area contributed by atoms with Gasteiger partial charge in [-0.3, -0.25) is 9.88 Å². The summed E-state index contributed by atoms with van der Waals surface area (Å²) < 4.78 is 5.47. The highest BCUT2D eigenvalue weighted by Gasteiger charge is 2.39. The molecule has 6 heteroatoms. The van der Waals surface area contributed by atoms with Crippen LogP contribution in [0.1, 0.15) is 58.1 Å². The Kier molecular flexibility index (Phi) is 5.23. The lowest BCUT2D eigenvalue weighted by Crippen LogP contribution is -2.47. The highest BCUT2D eigenvalue weighted by atomic mass is 16.6. The number of amides is 1. The summed E-state index contributed by atoms with van der Waals surface area (Å²) >= 11 is 0. The van der Waals surface area contributed by atoms with Crippen LogP contribution in [0, 0.1) is 0 Å². The van der Waals surface area contributed by atoms with Crippen LogP contribution >= 0.6 is 0 Å². The van der Waals surface area contributed by atoms with Gasteiger partial charge in [-0.25, -0.2) is 9.59 Å². The molecule has 1 saturated carbocycles. The summed E-state index contributed by atoms with van der Waals surface area (Å²) in [6, 6.07) is 2.15. The van der Waals surface area contributed by atoms with Crippen LogP contribution in [0.3, 0.4) is 0 Å². The van der Waals surface area contributed by atoms with Crippen molar-refractivity contribution in [2.45, 2.75) is 64.1 Å². The number of hydrogen-bond donors (Lipinski definition) is 1. The largest absolute Gasteiger partial charge is 0.479 e. The topological polar surface area (TPSA) is 79.7 Å². The minimum atomic E-state index is -1.08. The molecular weight excluding hydrogens is 296 g/mol. The van der Waals surface area contributed by atoms with E-state index in [1.165, 1.54) is 11.1 Å². The molecule has 1 atom stereocenters. The molecule has 1 heterocycles. The maximum Gasteiger partial charge on any atom is 0.411 e. The van der Waals surface area contributed by atoms with E-state index in [0.717, 1.165) is 25.7 Å². The van der Waals surface area contributed by atoms with E-state index >= 15 is 0 Å². The molecule has 1 amide bonds. The van der Waals surface area contributed by atoms with Gasteiger partial charge in [0.25, 0.3) is 0 Å². The van der Waals surface area contributed by atoms with Gasteiger partial charge in [0.15, 0.2) is 6.04 Å². The first-order valence-electron chi connectivity index (χ1n) is 7.93. The van der Waals surface area contributed by atoms with E-state index in [4.69, 9.17) is 4.74 Å². The number of ether oxygens (including phenoxy) is 1. The first-order chi connectivity index (χ1) is 10.8. The number of pyridine rings is 1. The second-order valence-corrected chi connectivity index (χ2v) is 6.85. The van der Waals surface area contributed by atoms with Gasteiger partial charge in [0.05, 0.1) is 0 Å². The molecule has 1 aromatic heterocycles.